The molecular weight excluding hydrogens is 447 g/mol. The van der Waals surface area contributed by atoms with Crippen molar-refractivity contribution < 1.29 is 39.9 Å². The molecule has 31 heavy (non-hydrogen) atoms. The molecule has 0 aliphatic rings. The summed E-state index contributed by atoms with van der Waals surface area (Å²) < 4.78 is 119. The number of rotatable bonds is 4. The Hall–Kier alpha value is -2.57. The van der Waals surface area contributed by atoms with E-state index in [1.807, 2.05) is 0 Å². The monoisotopic (exact) mass is 460 g/mol. The van der Waals surface area contributed by atoms with Gasteiger partial charge in [0.15, 0.2) is 11.6 Å². The van der Waals surface area contributed by atoms with Gasteiger partial charge in [0.2, 0.25) is 0 Å². The fourth-order valence-corrected chi connectivity index (χ4v) is 6.64. The normalized spacial score (nSPS) is 11.1. The SMILES string of the molecule is COc1ccc(F)[c]([Al]([c]2c(F)cc(F)c(C)c2F)[c]2c(F)cc(F)c(C)c2F)c1F. The molecular formula is C21H13AlF8O. The van der Waals surface area contributed by atoms with Crippen LogP contribution in [0, 0.1) is 60.4 Å². The zero-order chi connectivity index (χ0) is 23.2. The lowest BCUT2D eigenvalue weighted by Gasteiger charge is -2.21. The molecule has 0 bridgehead atoms. The van der Waals surface area contributed by atoms with E-state index in [1.54, 1.807) is 0 Å². The number of methoxy groups -OCH3 is 1. The Morgan fingerprint density at radius 1 is 0.581 bits per heavy atom. The third kappa shape index (κ3) is 3.79. The van der Waals surface area contributed by atoms with Gasteiger partial charge in [-0.1, -0.05) is 0 Å². The lowest BCUT2D eigenvalue weighted by Crippen LogP contribution is -2.59. The van der Waals surface area contributed by atoms with Crippen molar-refractivity contribution in [1.82, 2.24) is 0 Å². The van der Waals surface area contributed by atoms with E-state index in [2.05, 4.69) is 0 Å². The summed E-state index contributed by atoms with van der Waals surface area (Å²) in [5, 5.41) is 0. The Labute approximate surface area is 176 Å². The van der Waals surface area contributed by atoms with E-state index in [9.17, 15) is 30.7 Å². The molecule has 3 aromatic rings. The minimum atomic E-state index is -4.35. The van der Waals surface area contributed by atoms with Crippen molar-refractivity contribution in [1.29, 1.82) is 0 Å². The van der Waals surface area contributed by atoms with Crippen LogP contribution < -0.4 is 18.0 Å². The minimum absolute atomic E-state index is 0.260. The van der Waals surface area contributed by atoms with E-state index >= 15 is 4.39 Å². The molecule has 0 radical (unpaired) electrons. The summed E-state index contributed by atoms with van der Waals surface area (Å²) in [4.78, 5) is 0. The molecule has 0 aliphatic carbocycles. The van der Waals surface area contributed by atoms with Crippen molar-refractivity contribution >= 4 is 27.4 Å². The van der Waals surface area contributed by atoms with Gasteiger partial charge in [-0.25, -0.2) is 35.1 Å². The molecule has 0 aliphatic heterocycles. The topological polar surface area (TPSA) is 9.23 Å². The van der Waals surface area contributed by atoms with Gasteiger partial charge < -0.3 is 4.74 Å². The number of benzene rings is 3. The zero-order valence-corrected chi connectivity index (χ0v) is 17.5. The summed E-state index contributed by atoms with van der Waals surface area (Å²) in [7, 11) is 1.03. The standard InChI is InChI=1S/2C7H4F3.C7H5F2O.Al/c2*1-4-6(9)2-5(8)3-7(4)10;1-10-7-3-2-5(8)4-6(7)9;/h2*2H,1H3;2-3H,1H3;. The van der Waals surface area contributed by atoms with Crippen LogP contribution in [0.2, 0.25) is 0 Å². The number of halogens is 8. The van der Waals surface area contributed by atoms with Gasteiger partial charge in [-0.3, -0.25) is 0 Å². The molecule has 0 saturated heterocycles. The van der Waals surface area contributed by atoms with E-state index in [-0.39, 0.29) is 12.1 Å². The van der Waals surface area contributed by atoms with E-state index in [0.717, 1.165) is 27.0 Å². The highest BCUT2D eigenvalue weighted by Gasteiger charge is 2.42. The molecule has 162 valence electrons. The number of hydrogen-bond donors (Lipinski definition) is 0. The quantitative estimate of drug-likeness (QED) is 0.424. The van der Waals surface area contributed by atoms with Crippen LogP contribution in [-0.4, -0.2) is 21.3 Å². The van der Waals surface area contributed by atoms with Crippen LogP contribution in [0.4, 0.5) is 35.1 Å². The Bertz CT molecular complexity index is 1130. The van der Waals surface area contributed by atoms with Gasteiger partial charge in [-0.05, 0) is 39.3 Å². The highest BCUT2D eigenvalue weighted by Crippen LogP contribution is 2.21. The van der Waals surface area contributed by atoms with Gasteiger partial charge in [0, 0.05) is 23.3 Å². The maximum Gasteiger partial charge on any atom is 0.412 e. The molecule has 0 N–H and O–H groups in total. The average Bonchev–Trinajstić information content (AvgIpc) is 2.70. The van der Waals surface area contributed by atoms with Crippen LogP contribution in [-0.2, 0) is 0 Å². The molecule has 0 amide bonds. The second kappa shape index (κ2) is 8.52. The Morgan fingerprint density at radius 3 is 1.42 bits per heavy atom. The molecule has 0 saturated carbocycles. The lowest BCUT2D eigenvalue weighted by molar-refractivity contribution is 0.386. The zero-order valence-electron chi connectivity index (χ0n) is 16.3. The Morgan fingerprint density at radius 2 is 1.00 bits per heavy atom. The number of hydrogen-bond acceptors (Lipinski definition) is 1. The Balaban J connectivity index is 2.54. The summed E-state index contributed by atoms with van der Waals surface area (Å²) in [6, 6.07) is 2.10. The van der Waals surface area contributed by atoms with Crippen LogP contribution in [0.25, 0.3) is 0 Å². The maximum atomic E-state index is 15.1. The molecule has 0 atom stereocenters. The summed E-state index contributed by atoms with van der Waals surface area (Å²) in [6.07, 6.45) is 0. The fraction of sp³-hybridized carbons (Fsp3) is 0.143. The highest BCUT2D eigenvalue weighted by atomic mass is 27.2. The van der Waals surface area contributed by atoms with E-state index in [0.29, 0.717) is 6.07 Å². The van der Waals surface area contributed by atoms with Crippen LogP contribution in [0.15, 0.2) is 24.3 Å². The van der Waals surface area contributed by atoms with Crippen molar-refractivity contribution in [2.45, 2.75) is 13.8 Å². The first kappa shape index (κ1) is 23.1. The van der Waals surface area contributed by atoms with Crippen LogP contribution in [0.5, 0.6) is 5.75 Å². The average molecular weight is 460 g/mol. The second-order valence-corrected chi connectivity index (χ2v) is 9.39. The summed E-state index contributed by atoms with van der Waals surface area (Å²) in [5.41, 5.74) is -1.42. The molecule has 0 heterocycles. The van der Waals surface area contributed by atoms with Crippen molar-refractivity contribution in [2.75, 3.05) is 7.11 Å². The van der Waals surface area contributed by atoms with Crippen LogP contribution in [0.3, 0.4) is 0 Å². The smallest absolute Gasteiger partial charge is 0.412 e. The lowest BCUT2D eigenvalue weighted by atomic mass is 10.2. The third-order valence-electron chi connectivity index (χ3n) is 5.05. The summed E-state index contributed by atoms with van der Waals surface area (Å²) in [5.74, 6) is -12.2. The van der Waals surface area contributed by atoms with Gasteiger partial charge >= 0.3 is 14.1 Å². The third-order valence-corrected chi connectivity index (χ3v) is 8.37. The van der Waals surface area contributed by atoms with Gasteiger partial charge in [0.05, 0.1) is 7.11 Å². The van der Waals surface area contributed by atoms with E-state index in [1.165, 1.54) is 0 Å². The molecule has 0 spiro atoms. The molecule has 3 aromatic carbocycles. The fourth-order valence-electron chi connectivity index (χ4n) is 3.35. The minimum Gasteiger partial charge on any atom is -0.494 e. The summed E-state index contributed by atoms with van der Waals surface area (Å²) >= 11 is -4.35. The van der Waals surface area contributed by atoms with Crippen molar-refractivity contribution in [3.8, 4) is 5.75 Å². The van der Waals surface area contributed by atoms with Crippen LogP contribution >= 0.6 is 0 Å². The molecule has 10 heteroatoms. The van der Waals surface area contributed by atoms with Crippen molar-refractivity contribution in [3.63, 3.8) is 0 Å². The number of ether oxygens (including phenoxy) is 1. The molecule has 0 aromatic heterocycles. The highest BCUT2D eigenvalue weighted by molar-refractivity contribution is 6.95. The van der Waals surface area contributed by atoms with Gasteiger partial charge in [0.1, 0.15) is 40.7 Å². The maximum absolute atomic E-state index is 15.1. The molecule has 3 rings (SSSR count). The molecule has 0 fully saturated rings. The first-order chi connectivity index (χ1) is 14.5. The van der Waals surface area contributed by atoms with E-state index in [4.69, 9.17) is 4.74 Å². The molecule has 1 nitrogen and oxygen atoms in total. The first-order valence-corrected chi connectivity index (χ1v) is 10.5. The predicted octanol–water partition coefficient (Wildman–Crippen LogP) is 3.94. The first-order valence-electron chi connectivity index (χ1n) is 8.81. The van der Waals surface area contributed by atoms with Crippen molar-refractivity contribution in [3.05, 3.63) is 81.9 Å². The van der Waals surface area contributed by atoms with Crippen LogP contribution in [0.1, 0.15) is 11.1 Å². The molecule has 0 unspecified atom stereocenters. The van der Waals surface area contributed by atoms with Gasteiger partial charge in [-0.15, -0.1) is 0 Å². The largest absolute Gasteiger partial charge is 0.494 e. The summed E-state index contributed by atoms with van der Waals surface area (Å²) in [6.45, 7) is 1.86. The van der Waals surface area contributed by atoms with E-state index < -0.39 is 90.8 Å². The van der Waals surface area contributed by atoms with Crippen molar-refractivity contribution in [2.24, 2.45) is 0 Å². The second-order valence-electron chi connectivity index (χ2n) is 6.80. The predicted molar refractivity (Wildman–Crippen MR) is 99.7 cm³/mol. The van der Waals surface area contributed by atoms with Gasteiger partial charge in [0.25, 0.3) is 0 Å². The van der Waals surface area contributed by atoms with Gasteiger partial charge in [-0.2, -0.15) is 0 Å². The Kier molecular flexibility index (Phi) is 6.35.